The SMILES string of the molecule is CC1CCC(C(N)=O)CN1c1ccnc(NN)c1. The van der Waals surface area contributed by atoms with E-state index in [9.17, 15) is 4.79 Å². The molecular weight excluding hydrogens is 230 g/mol. The van der Waals surface area contributed by atoms with Crippen molar-refractivity contribution in [2.75, 3.05) is 16.9 Å². The van der Waals surface area contributed by atoms with Gasteiger partial charge in [0.15, 0.2) is 0 Å². The molecule has 1 amide bonds. The Labute approximate surface area is 106 Å². The second-order valence-corrected chi connectivity index (χ2v) is 4.72. The van der Waals surface area contributed by atoms with E-state index in [1.807, 2.05) is 12.1 Å². The maximum atomic E-state index is 11.3. The van der Waals surface area contributed by atoms with Crippen LogP contribution in [0.4, 0.5) is 11.5 Å². The molecule has 2 atom stereocenters. The molecule has 0 radical (unpaired) electrons. The van der Waals surface area contributed by atoms with E-state index in [4.69, 9.17) is 11.6 Å². The van der Waals surface area contributed by atoms with E-state index in [0.29, 0.717) is 18.4 Å². The molecule has 0 bridgehead atoms. The first-order valence-corrected chi connectivity index (χ1v) is 6.10. The Morgan fingerprint density at radius 3 is 3.00 bits per heavy atom. The predicted octanol–water partition coefficient (Wildman–Crippen LogP) is 0.457. The number of carbonyl (C=O) groups is 1. The van der Waals surface area contributed by atoms with Gasteiger partial charge >= 0.3 is 0 Å². The molecule has 5 N–H and O–H groups in total. The monoisotopic (exact) mass is 249 g/mol. The van der Waals surface area contributed by atoms with E-state index in [1.165, 1.54) is 0 Å². The molecule has 1 fully saturated rings. The number of pyridine rings is 1. The van der Waals surface area contributed by atoms with Crippen LogP contribution in [0.5, 0.6) is 0 Å². The lowest BCUT2D eigenvalue weighted by molar-refractivity contribution is -0.122. The molecule has 0 saturated carbocycles. The Bertz CT molecular complexity index is 436. The van der Waals surface area contributed by atoms with Crippen molar-refractivity contribution in [3.05, 3.63) is 18.3 Å². The summed E-state index contributed by atoms with van der Waals surface area (Å²) in [6, 6.07) is 4.18. The Morgan fingerprint density at radius 1 is 1.56 bits per heavy atom. The fourth-order valence-corrected chi connectivity index (χ4v) is 2.38. The number of primary amides is 1. The number of amides is 1. The number of anilines is 2. The van der Waals surface area contributed by atoms with Gasteiger partial charge in [0.05, 0.1) is 5.92 Å². The van der Waals surface area contributed by atoms with Crippen LogP contribution in [0.3, 0.4) is 0 Å². The molecule has 0 spiro atoms. The third-order valence-corrected chi connectivity index (χ3v) is 3.51. The van der Waals surface area contributed by atoms with Crippen LogP contribution in [0.1, 0.15) is 19.8 Å². The number of carbonyl (C=O) groups excluding carboxylic acids is 1. The van der Waals surface area contributed by atoms with Crippen molar-refractivity contribution in [1.82, 2.24) is 4.98 Å². The minimum absolute atomic E-state index is 0.0800. The molecule has 2 rings (SSSR count). The van der Waals surface area contributed by atoms with Crippen LogP contribution in [-0.2, 0) is 4.79 Å². The van der Waals surface area contributed by atoms with Crippen LogP contribution in [0.25, 0.3) is 0 Å². The van der Waals surface area contributed by atoms with Gasteiger partial charge in [-0.05, 0) is 25.8 Å². The van der Waals surface area contributed by atoms with E-state index < -0.39 is 0 Å². The third kappa shape index (κ3) is 2.53. The Kier molecular flexibility index (Phi) is 3.66. The minimum Gasteiger partial charge on any atom is -0.369 e. The fourth-order valence-electron chi connectivity index (χ4n) is 2.38. The van der Waals surface area contributed by atoms with Gasteiger partial charge in [0.1, 0.15) is 5.82 Å². The van der Waals surface area contributed by atoms with Gasteiger partial charge < -0.3 is 16.1 Å². The summed E-state index contributed by atoms with van der Waals surface area (Å²) in [5, 5.41) is 0. The standard InChI is InChI=1S/C12H19N5O/c1-8-2-3-9(12(13)18)7-17(8)10-4-5-15-11(6-10)16-14/h4-6,8-9H,2-3,7,14H2,1H3,(H2,13,18)(H,15,16). The Morgan fingerprint density at radius 2 is 2.33 bits per heavy atom. The van der Waals surface area contributed by atoms with E-state index in [0.717, 1.165) is 18.5 Å². The van der Waals surface area contributed by atoms with E-state index in [-0.39, 0.29) is 11.8 Å². The van der Waals surface area contributed by atoms with Gasteiger partial charge in [-0.1, -0.05) is 0 Å². The van der Waals surface area contributed by atoms with Gasteiger partial charge in [0.2, 0.25) is 5.91 Å². The highest BCUT2D eigenvalue weighted by Crippen LogP contribution is 2.28. The third-order valence-electron chi connectivity index (χ3n) is 3.51. The molecule has 0 aliphatic carbocycles. The lowest BCUT2D eigenvalue weighted by atomic mass is 9.92. The highest BCUT2D eigenvalue weighted by molar-refractivity contribution is 5.77. The molecule has 0 aromatic carbocycles. The number of rotatable bonds is 3. The first kappa shape index (κ1) is 12.6. The summed E-state index contributed by atoms with van der Waals surface area (Å²) in [7, 11) is 0. The molecule has 2 unspecified atom stereocenters. The van der Waals surface area contributed by atoms with Crippen LogP contribution in [0.2, 0.25) is 0 Å². The quantitative estimate of drug-likeness (QED) is 0.534. The molecule has 6 nitrogen and oxygen atoms in total. The van der Waals surface area contributed by atoms with Gasteiger partial charge in [-0.3, -0.25) is 4.79 Å². The summed E-state index contributed by atoms with van der Waals surface area (Å²) in [5.41, 5.74) is 8.94. The fraction of sp³-hybridized carbons (Fsp3) is 0.500. The molecule has 1 aromatic rings. The van der Waals surface area contributed by atoms with E-state index in [1.54, 1.807) is 6.20 Å². The van der Waals surface area contributed by atoms with Crippen molar-refractivity contribution < 1.29 is 4.79 Å². The number of nitrogens with zero attached hydrogens (tertiary/aromatic N) is 2. The van der Waals surface area contributed by atoms with Gasteiger partial charge in [0, 0.05) is 30.5 Å². The lowest BCUT2D eigenvalue weighted by Gasteiger charge is -2.38. The zero-order chi connectivity index (χ0) is 13.1. The first-order valence-electron chi connectivity index (χ1n) is 6.10. The predicted molar refractivity (Wildman–Crippen MR) is 70.8 cm³/mol. The summed E-state index contributed by atoms with van der Waals surface area (Å²) in [4.78, 5) is 17.6. The lowest BCUT2D eigenvalue weighted by Crippen LogP contribution is -2.45. The zero-order valence-electron chi connectivity index (χ0n) is 10.5. The van der Waals surface area contributed by atoms with Crippen LogP contribution < -0.4 is 21.9 Å². The van der Waals surface area contributed by atoms with E-state index >= 15 is 0 Å². The summed E-state index contributed by atoms with van der Waals surface area (Å²) >= 11 is 0. The van der Waals surface area contributed by atoms with Gasteiger partial charge in [-0.25, -0.2) is 10.8 Å². The molecule has 2 heterocycles. The van der Waals surface area contributed by atoms with Crippen LogP contribution in [-0.4, -0.2) is 23.5 Å². The van der Waals surface area contributed by atoms with Crippen molar-refractivity contribution in [2.45, 2.75) is 25.8 Å². The van der Waals surface area contributed by atoms with Crippen molar-refractivity contribution in [3.8, 4) is 0 Å². The van der Waals surface area contributed by atoms with Crippen molar-refractivity contribution in [1.29, 1.82) is 0 Å². The number of nitrogens with two attached hydrogens (primary N) is 2. The number of nitrogens with one attached hydrogen (secondary N) is 1. The minimum atomic E-state index is -0.224. The number of hydrogen-bond donors (Lipinski definition) is 3. The maximum absolute atomic E-state index is 11.3. The van der Waals surface area contributed by atoms with E-state index in [2.05, 4.69) is 22.2 Å². The van der Waals surface area contributed by atoms with Crippen LogP contribution >= 0.6 is 0 Å². The second-order valence-electron chi connectivity index (χ2n) is 4.72. The normalized spacial score (nSPS) is 23.8. The van der Waals surface area contributed by atoms with Crippen molar-refractivity contribution in [3.63, 3.8) is 0 Å². The zero-order valence-corrected chi connectivity index (χ0v) is 10.5. The maximum Gasteiger partial charge on any atom is 0.222 e. The number of hydrogen-bond acceptors (Lipinski definition) is 5. The highest BCUT2D eigenvalue weighted by atomic mass is 16.1. The van der Waals surface area contributed by atoms with Crippen molar-refractivity contribution in [2.24, 2.45) is 17.5 Å². The smallest absolute Gasteiger partial charge is 0.222 e. The average Bonchev–Trinajstić information content (AvgIpc) is 2.39. The Hall–Kier alpha value is -1.82. The second kappa shape index (κ2) is 5.22. The number of nitrogen functional groups attached to an aromatic ring is 1. The summed E-state index contributed by atoms with van der Waals surface area (Å²) in [6.45, 7) is 2.80. The number of piperidine rings is 1. The largest absolute Gasteiger partial charge is 0.369 e. The molecule has 1 aromatic heterocycles. The van der Waals surface area contributed by atoms with Gasteiger partial charge in [-0.2, -0.15) is 0 Å². The topological polar surface area (TPSA) is 97.3 Å². The van der Waals surface area contributed by atoms with Crippen LogP contribution in [0, 0.1) is 5.92 Å². The molecule has 1 saturated heterocycles. The summed E-state index contributed by atoms with van der Waals surface area (Å²) < 4.78 is 0. The molecule has 1 aliphatic heterocycles. The Balaban J connectivity index is 2.21. The molecule has 98 valence electrons. The molecular formula is C12H19N5O. The molecule has 1 aliphatic rings. The molecule has 18 heavy (non-hydrogen) atoms. The van der Waals surface area contributed by atoms with Crippen molar-refractivity contribution >= 4 is 17.4 Å². The molecule has 6 heteroatoms. The summed E-state index contributed by atoms with van der Waals surface area (Å²) in [6.07, 6.45) is 3.52. The average molecular weight is 249 g/mol. The highest BCUT2D eigenvalue weighted by Gasteiger charge is 2.28. The first-order chi connectivity index (χ1) is 8.61. The van der Waals surface area contributed by atoms with Gasteiger partial charge in [-0.15, -0.1) is 0 Å². The van der Waals surface area contributed by atoms with Gasteiger partial charge in [0.25, 0.3) is 0 Å². The number of hydrazine groups is 1. The number of aromatic nitrogens is 1. The summed E-state index contributed by atoms with van der Waals surface area (Å²) in [5.74, 6) is 5.66. The van der Waals surface area contributed by atoms with Crippen LogP contribution in [0.15, 0.2) is 18.3 Å².